The smallest absolute Gasteiger partial charge is 0.244 e. The fourth-order valence-electron chi connectivity index (χ4n) is 4.21. The molecular weight excluding hydrogens is 457 g/mol. The van der Waals surface area contributed by atoms with Crippen molar-refractivity contribution in [3.63, 3.8) is 0 Å². The van der Waals surface area contributed by atoms with Crippen molar-refractivity contribution in [2.75, 3.05) is 23.7 Å². The minimum atomic E-state index is -3.96. The lowest BCUT2D eigenvalue weighted by Gasteiger charge is -2.32. The van der Waals surface area contributed by atoms with Crippen molar-refractivity contribution in [2.24, 2.45) is 0 Å². The van der Waals surface area contributed by atoms with E-state index in [4.69, 9.17) is 0 Å². The summed E-state index contributed by atoms with van der Waals surface area (Å²) in [6.45, 7) is 1.26. The van der Waals surface area contributed by atoms with Crippen molar-refractivity contribution in [3.8, 4) is 0 Å². The molecule has 0 heterocycles. The average Bonchev–Trinajstić information content (AvgIpc) is 3.31. The molecule has 2 amide bonds. The van der Waals surface area contributed by atoms with E-state index in [1.165, 1.54) is 23.1 Å². The first-order valence-corrected chi connectivity index (χ1v) is 13.4. The zero-order chi connectivity index (χ0) is 24.7. The first-order chi connectivity index (χ1) is 16.2. The van der Waals surface area contributed by atoms with Crippen molar-refractivity contribution in [1.29, 1.82) is 0 Å². The van der Waals surface area contributed by atoms with Gasteiger partial charge in [0, 0.05) is 12.6 Å². The van der Waals surface area contributed by atoms with E-state index < -0.39 is 34.3 Å². The van der Waals surface area contributed by atoms with Gasteiger partial charge in [0.05, 0.1) is 11.9 Å². The van der Waals surface area contributed by atoms with Crippen LogP contribution in [0.4, 0.5) is 10.1 Å². The molecule has 0 bridgehead atoms. The summed E-state index contributed by atoms with van der Waals surface area (Å²) in [7, 11) is -3.96. The number of para-hydroxylation sites is 1. The third-order valence-electron chi connectivity index (χ3n) is 6.15. The molecule has 0 unspecified atom stereocenters. The summed E-state index contributed by atoms with van der Waals surface area (Å²) in [5.41, 5.74) is 0.780. The Morgan fingerprint density at radius 2 is 1.68 bits per heavy atom. The zero-order valence-corrected chi connectivity index (χ0v) is 20.4. The van der Waals surface area contributed by atoms with E-state index in [1.54, 1.807) is 6.92 Å². The maximum atomic E-state index is 14.4. The molecule has 1 aliphatic rings. The number of hydrogen-bond acceptors (Lipinski definition) is 4. The Morgan fingerprint density at radius 1 is 1.06 bits per heavy atom. The van der Waals surface area contributed by atoms with Crippen LogP contribution in [0.1, 0.15) is 38.2 Å². The van der Waals surface area contributed by atoms with Crippen LogP contribution in [-0.2, 0) is 26.0 Å². The molecule has 1 fully saturated rings. The van der Waals surface area contributed by atoms with Crippen LogP contribution in [0.3, 0.4) is 0 Å². The van der Waals surface area contributed by atoms with Crippen LogP contribution in [0, 0.1) is 5.82 Å². The number of carbonyl (C=O) groups is 2. The normalized spacial score (nSPS) is 15.0. The lowest BCUT2D eigenvalue weighted by atomic mass is 10.1. The van der Waals surface area contributed by atoms with E-state index in [2.05, 4.69) is 5.32 Å². The monoisotopic (exact) mass is 489 g/mol. The van der Waals surface area contributed by atoms with E-state index in [9.17, 15) is 22.4 Å². The summed E-state index contributed by atoms with van der Waals surface area (Å²) in [5, 5.41) is 3.01. The maximum Gasteiger partial charge on any atom is 0.244 e. The first-order valence-electron chi connectivity index (χ1n) is 11.5. The predicted molar refractivity (Wildman–Crippen MR) is 130 cm³/mol. The standard InChI is InChI=1S/C25H32FN3O4S/c1-19(25(31)27-21-12-6-7-13-21)28(17-16-20-10-4-3-5-11-20)24(30)18-29(34(2,32)33)23-15-9-8-14-22(23)26/h3-5,8-11,14-15,19,21H,6-7,12-13,16-18H2,1-2H3,(H,27,31)/t19-/m0/s1. The molecule has 34 heavy (non-hydrogen) atoms. The van der Waals surface area contributed by atoms with Gasteiger partial charge >= 0.3 is 0 Å². The Hall–Kier alpha value is -2.94. The van der Waals surface area contributed by atoms with Gasteiger partial charge in [-0.1, -0.05) is 55.3 Å². The number of nitrogens with one attached hydrogen (secondary N) is 1. The second-order valence-corrected chi connectivity index (χ2v) is 10.6. The summed E-state index contributed by atoms with van der Waals surface area (Å²) in [6.07, 6.45) is 5.35. The van der Waals surface area contributed by atoms with Crippen LogP contribution in [0.2, 0.25) is 0 Å². The molecule has 1 atom stereocenters. The van der Waals surface area contributed by atoms with Gasteiger partial charge in [0.1, 0.15) is 18.4 Å². The summed E-state index contributed by atoms with van der Waals surface area (Å²) in [6, 6.07) is 14.2. The molecule has 2 aromatic rings. The van der Waals surface area contributed by atoms with Gasteiger partial charge in [-0.2, -0.15) is 0 Å². The molecule has 1 N–H and O–H groups in total. The molecule has 0 aliphatic heterocycles. The molecule has 0 aromatic heterocycles. The van der Waals surface area contributed by atoms with Crippen molar-refractivity contribution in [1.82, 2.24) is 10.2 Å². The van der Waals surface area contributed by atoms with Crippen LogP contribution in [0.5, 0.6) is 0 Å². The maximum absolute atomic E-state index is 14.4. The molecule has 0 spiro atoms. The largest absolute Gasteiger partial charge is 0.352 e. The zero-order valence-electron chi connectivity index (χ0n) is 19.6. The number of sulfonamides is 1. The van der Waals surface area contributed by atoms with Crippen LogP contribution >= 0.6 is 0 Å². The van der Waals surface area contributed by atoms with Gasteiger partial charge in [0.15, 0.2) is 0 Å². The summed E-state index contributed by atoms with van der Waals surface area (Å²) in [5.74, 6) is -1.59. The van der Waals surface area contributed by atoms with Gasteiger partial charge in [0.2, 0.25) is 21.8 Å². The highest BCUT2D eigenvalue weighted by Gasteiger charge is 2.31. The highest BCUT2D eigenvalue weighted by Crippen LogP contribution is 2.22. The van der Waals surface area contributed by atoms with Crippen LogP contribution in [0.15, 0.2) is 54.6 Å². The number of amides is 2. The van der Waals surface area contributed by atoms with Crippen molar-refractivity contribution in [3.05, 3.63) is 66.0 Å². The topological polar surface area (TPSA) is 86.8 Å². The van der Waals surface area contributed by atoms with Gasteiger partial charge in [0.25, 0.3) is 0 Å². The molecule has 3 rings (SSSR count). The van der Waals surface area contributed by atoms with Crippen molar-refractivity contribution < 1.29 is 22.4 Å². The Labute approximate surface area is 201 Å². The fourth-order valence-corrected chi connectivity index (χ4v) is 5.06. The summed E-state index contributed by atoms with van der Waals surface area (Å²) >= 11 is 0. The quantitative estimate of drug-likeness (QED) is 0.556. The highest BCUT2D eigenvalue weighted by atomic mass is 32.2. The molecule has 0 saturated heterocycles. The number of carbonyl (C=O) groups excluding carboxylic acids is 2. The van der Waals surface area contributed by atoms with E-state index >= 15 is 0 Å². The third-order valence-corrected chi connectivity index (χ3v) is 7.28. The van der Waals surface area contributed by atoms with Crippen molar-refractivity contribution in [2.45, 2.75) is 51.1 Å². The molecule has 9 heteroatoms. The van der Waals surface area contributed by atoms with Gasteiger partial charge in [-0.25, -0.2) is 12.8 Å². The number of anilines is 1. The molecular formula is C25H32FN3O4S. The minimum Gasteiger partial charge on any atom is -0.352 e. The van der Waals surface area contributed by atoms with Crippen LogP contribution in [-0.4, -0.2) is 56.6 Å². The molecule has 184 valence electrons. The molecule has 1 saturated carbocycles. The molecule has 2 aromatic carbocycles. The number of halogens is 1. The Morgan fingerprint density at radius 3 is 2.29 bits per heavy atom. The van der Waals surface area contributed by atoms with Gasteiger partial charge in [-0.05, 0) is 43.9 Å². The second-order valence-electron chi connectivity index (χ2n) is 8.71. The highest BCUT2D eigenvalue weighted by molar-refractivity contribution is 7.92. The van der Waals surface area contributed by atoms with E-state index in [-0.39, 0.29) is 24.2 Å². The third kappa shape index (κ3) is 6.79. The molecule has 0 radical (unpaired) electrons. The minimum absolute atomic E-state index is 0.0898. The number of rotatable bonds is 10. The number of benzene rings is 2. The molecule has 7 nitrogen and oxygen atoms in total. The summed E-state index contributed by atoms with van der Waals surface area (Å²) < 4.78 is 40.1. The number of hydrogen-bond donors (Lipinski definition) is 1. The Kier molecular flexibility index (Phi) is 8.66. The Bertz CT molecular complexity index is 1090. The van der Waals surface area contributed by atoms with E-state index in [1.807, 2.05) is 30.3 Å². The Balaban J connectivity index is 1.82. The predicted octanol–water partition coefficient (Wildman–Crippen LogP) is 3.11. The van der Waals surface area contributed by atoms with Crippen LogP contribution < -0.4 is 9.62 Å². The van der Waals surface area contributed by atoms with Gasteiger partial charge in [-0.3, -0.25) is 13.9 Å². The lowest BCUT2D eigenvalue weighted by Crippen LogP contribution is -2.53. The van der Waals surface area contributed by atoms with E-state index in [0.29, 0.717) is 6.42 Å². The SMILES string of the molecule is C[C@@H](C(=O)NC1CCCC1)N(CCc1ccccc1)C(=O)CN(c1ccccc1F)S(C)(=O)=O. The molecule has 1 aliphatic carbocycles. The van der Waals surface area contributed by atoms with Gasteiger partial charge < -0.3 is 10.2 Å². The second kappa shape index (κ2) is 11.5. The first kappa shape index (κ1) is 25.7. The van der Waals surface area contributed by atoms with Crippen LogP contribution in [0.25, 0.3) is 0 Å². The van der Waals surface area contributed by atoms with Crippen molar-refractivity contribution >= 4 is 27.5 Å². The summed E-state index contributed by atoms with van der Waals surface area (Å²) in [4.78, 5) is 27.8. The number of nitrogens with zero attached hydrogens (tertiary/aromatic N) is 2. The average molecular weight is 490 g/mol. The fraction of sp³-hybridized carbons (Fsp3) is 0.440. The van der Waals surface area contributed by atoms with E-state index in [0.717, 1.165) is 47.9 Å². The van der Waals surface area contributed by atoms with Gasteiger partial charge in [-0.15, -0.1) is 0 Å². The lowest BCUT2D eigenvalue weighted by molar-refractivity contribution is -0.139.